The molecule has 1 saturated heterocycles. The van der Waals surface area contributed by atoms with E-state index in [-0.39, 0.29) is 6.10 Å². The molecule has 112 valence electrons. The standard InChI is InChI=1S/C12H23Cl2N2O2P/c1-15-10-11-4-2-3-5-12(11)18-19(15,17)16(8-6-13)9-7-14/h11-12H,2-10H2,1H3/t11-,12+,19?/m1/s1. The van der Waals surface area contributed by atoms with Gasteiger partial charge in [-0.25, -0.2) is 4.52 Å². The topological polar surface area (TPSA) is 38.8 Å². The highest BCUT2D eigenvalue weighted by atomic mass is 35.5. The molecular formula is C12H23Cl2N2O2P. The van der Waals surface area contributed by atoms with Crippen molar-refractivity contribution >= 4 is 31.2 Å². The average molecular weight is 329 g/mol. The van der Waals surface area contributed by atoms with E-state index in [1.54, 1.807) is 0 Å². The molecule has 0 aromatic carbocycles. The monoisotopic (exact) mass is 328 g/mol. The van der Waals surface area contributed by atoms with Gasteiger partial charge in [0, 0.05) is 31.3 Å². The molecule has 7 heteroatoms. The molecule has 0 amide bonds. The Morgan fingerprint density at radius 3 is 2.53 bits per heavy atom. The van der Waals surface area contributed by atoms with Crippen LogP contribution in [-0.2, 0) is 4.52 Å². The Labute approximate surface area is 126 Å². The van der Waals surface area contributed by atoms with Gasteiger partial charge in [0.05, 0.1) is 13.1 Å². The first-order valence-corrected chi connectivity index (χ1v) is 9.59. The number of alkyl halides is 2. The Morgan fingerprint density at radius 2 is 1.89 bits per heavy atom. The molecule has 0 N–H and O–H groups in total. The molecule has 0 bridgehead atoms. The summed E-state index contributed by atoms with van der Waals surface area (Å²) in [5, 5.41) is 0. The number of hydrogen-bond donors (Lipinski definition) is 0. The van der Waals surface area contributed by atoms with Gasteiger partial charge in [-0.1, -0.05) is 12.8 Å². The summed E-state index contributed by atoms with van der Waals surface area (Å²) in [5.41, 5.74) is 0. The molecule has 0 radical (unpaired) electrons. The third kappa shape index (κ3) is 3.55. The second kappa shape index (κ2) is 7.22. The van der Waals surface area contributed by atoms with Crippen LogP contribution in [0.5, 0.6) is 0 Å². The van der Waals surface area contributed by atoms with Crippen molar-refractivity contribution in [2.75, 3.05) is 38.4 Å². The highest BCUT2D eigenvalue weighted by molar-refractivity contribution is 7.59. The molecular weight excluding hydrogens is 306 g/mol. The summed E-state index contributed by atoms with van der Waals surface area (Å²) in [7, 11) is -1.05. The third-order valence-electron chi connectivity index (χ3n) is 4.08. The third-order valence-corrected chi connectivity index (χ3v) is 7.11. The maximum atomic E-state index is 13.2. The summed E-state index contributed by atoms with van der Waals surface area (Å²) in [6.07, 6.45) is 4.79. The summed E-state index contributed by atoms with van der Waals surface area (Å²) in [5.74, 6) is 1.40. The predicted molar refractivity (Wildman–Crippen MR) is 79.4 cm³/mol. The van der Waals surface area contributed by atoms with Gasteiger partial charge in [0.1, 0.15) is 6.10 Å². The van der Waals surface area contributed by atoms with Crippen molar-refractivity contribution in [3.63, 3.8) is 0 Å². The van der Waals surface area contributed by atoms with E-state index in [9.17, 15) is 4.89 Å². The maximum absolute atomic E-state index is 13.2. The number of halogens is 2. The molecule has 2 aliphatic rings. The van der Waals surface area contributed by atoms with Gasteiger partial charge in [-0.3, -0.25) is 0 Å². The smallest absolute Gasteiger partial charge is 0.252 e. The molecule has 1 heterocycles. The van der Waals surface area contributed by atoms with E-state index in [2.05, 4.69) is 0 Å². The van der Waals surface area contributed by atoms with Crippen molar-refractivity contribution < 1.29 is 9.42 Å². The second-order valence-electron chi connectivity index (χ2n) is 5.35. The van der Waals surface area contributed by atoms with Crippen molar-refractivity contribution in [2.24, 2.45) is 5.92 Å². The lowest BCUT2D eigenvalue weighted by Gasteiger charge is -2.50. The van der Waals surface area contributed by atoms with E-state index in [1.807, 2.05) is 16.4 Å². The Balaban J connectivity index is 2.10. The van der Waals surface area contributed by atoms with Gasteiger partial charge < -0.3 is 4.89 Å². The minimum absolute atomic E-state index is 0.143. The van der Waals surface area contributed by atoms with Crippen molar-refractivity contribution in [1.29, 1.82) is 0 Å². The zero-order valence-corrected chi connectivity index (χ0v) is 13.8. The van der Waals surface area contributed by atoms with Crippen LogP contribution in [0.15, 0.2) is 0 Å². The molecule has 0 aromatic rings. The summed E-state index contributed by atoms with van der Waals surface area (Å²) in [6, 6.07) is 0. The minimum atomic E-state index is -2.94. The molecule has 2 rings (SSSR count). The van der Waals surface area contributed by atoms with Crippen LogP contribution in [0.4, 0.5) is 0 Å². The predicted octanol–water partition coefficient (Wildman–Crippen LogP) is 2.32. The number of rotatable bonds is 5. The van der Waals surface area contributed by atoms with Gasteiger partial charge >= 0.3 is 0 Å². The Bertz CT molecular complexity index is 295. The first kappa shape index (κ1) is 16.2. The summed E-state index contributed by atoms with van der Waals surface area (Å²) in [6.45, 7) is 1.95. The van der Waals surface area contributed by atoms with Crippen LogP contribution in [0.3, 0.4) is 0 Å². The maximum Gasteiger partial charge on any atom is 0.252 e. The lowest BCUT2D eigenvalue weighted by Crippen LogP contribution is -2.52. The van der Waals surface area contributed by atoms with Gasteiger partial charge in [-0.2, -0.15) is 0 Å². The van der Waals surface area contributed by atoms with E-state index >= 15 is 0 Å². The average Bonchev–Trinajstić information content (AvgIpc) is 2.40. The Hall–Kier alpha value is 0.850. The van der Waals surface area contributed by atoms with E-state index in [4.69, 9.17) is 27.7 Å². The van der Waals surface area contributed by atoms with Crippen LogP contribution in [0, 0.1) is 5.92 Å². The van der Waals surface area contributed by atoms with E-state index in [0.29, 0.717) is 30.8 Å². The van der Waals surface area contributed by atoms with Crippen LogP contribution in [0.2, 0.25) is 0 Å². The van der Waals surface area contributed by atoms with Gasteiger partial charge in [-0.05, 0) is 12.8 Å². The SMILES string of the molecule is CN1C[C@H]2CCCC[C@@H]2O[P+]1([O-])N(CCCl)CCCl. The highest BCUT2D eigenvalue weighted by Crippen LogP contribution is 2.62. The lowest BCUT2D eigenvalue weighted by atomic mass is 9.86. The number of hydrogen-bond acceptors (Lipinski definition) is 4. The van der Waals surface area contributed by atoms with Crippen molar-refractivity contribution in [1.82, 2.24) is 9.34 Å². The molecule has 0 spiro atoms. The van der Waals surface area contributed by atoms with E-state index < -0.39 is 8.02 Å². The molecule has 1 unspecified atom stereocenters. The first-order chi connectivity index (χ1) is 9.11. The molecule has 19 heavy (non-hydrogen) atoms. The highest BCUT2D eigenvalue weighted by Gasteiger charge is 2.50. The fourth-order valence-corrected chi connectivity index (χ4v) is 6.18. The summed E-state index contributed by atoms with van der Waals surface area (Å²) in [4.78, 5) is 13.2. The normalized spacial score (nSPS) is 36.5. The fourth-order valence-electron chi connectivity index (χ4n) is 3.06. The summed E-state index contributed by atoms with van der Waals surface area (Å²) >= 11 is 11.6. The van der Waals surface area contributed by atoms with Crippen LogP contribution < -0.4 is 4.89 Å². The van der Waals surface area contributed by atoms with Gasteiger partial charge in [0.15, 0.2) is 0 Å². The van der Waals surface area contributed by atoms with Crippen LogP contribution in [-0.4, -0.2) is 53.9 Å². The largest absolute Gasteiger partial charge is 0.626 e. The summed E-state index contributed by atoms with van der Waals surface area (Å²) < 4.78 is 9.77. The Kier molecular flexibility index (Phi) is 6.16. The van der Waals surface area contributed by atoms with E-state index in [1.165, 1.54) is 19.3 Å². The molecule has 1 saturated carbocycles. The van der Waals surface area contributed by atoms with Crippen molar-refractivity contribution in [2.45, 2.75) is 31.8 Å². The first-order valence-electron chi connectivity index (χ1n) is 6.99. The number of fused-ring (bicyclic) bond motifs is 1. The molecule has 2 fully saturated rings. The van der Waals surface area contributed by atoms with Gasteiger partial charge in [-0.15, -0.1) is 32.5 Å². The van der Waals surface area contributed by atoms with Gasteiger partial charge in [0.2, 0.25) is 0 Å². The fraction of sp³-hybridized carbons (Fsp3) is 1.00. The number of nitrogens with zero attached hydrogens (tertiary/aromatic N) is 2. The van der Waals surface area contributed by atoms with Crippen molar-refractivity contribution in [3.8, 4) is 0 Å². The zero-order valence-electron chi connectivity index (χ0n) is 11.4. The molecule has 0 aromatic heterocycles. The van der Waals surface area contributed by atoms with Crippen LogP contribution in [0.25, 0.3) is 0 Å². The van der Waals surface area contributed by atoms with Crippen molar-refractivity contribution in [3.05, 3.63) is 0 Å². The second-order valence-corrected chi connectivity index (χ2v) is 8.55. The quantitative estimate of drug-likeness (QED) is 0.573. The van der Waals surface area contributed by atoms with E-state index in [0.717, 1.165) is 13.0 Å². The minimum Gasteiger partial charge on any atom is -0.626 e. The lowest BCUT2D eigenvalue weighted by molar-refractivity contribution is -0.235. The Morgan fingerprint density at radius 1 is 1.26 bits per heavy atom. The molecule has 3 atom stereocenters. The van der Waals surface area contributed by atoms with Gasteiger partial charge in [0.25, 0.3) is 8.02 Å². The van der Waals surface area contributed by atoms with Crippen LogP contribution >= 0.6 is 31.2 Å². The van der Waals surface area contributed by atoms with Crippen LogP contribution in [0.1, 0.15) is 25.7 Å². The molecule has 1 aliphatic heterocycles. The molecule has 4 nitrogen and oxygen atoms in total. The molecule has 1 aliphatic carbocycles. The zero-order chi connectivity index (χ0) is 13.9.